The van der Waals surface area contributed by atoms with E-state index in [1.54, 1.807) is 34.6 Å². The number of alkyl halides is 3. The highest BCUT2D eigenvalue weighted by Crippen LogP contribution is 2.37. The van der Waals surface area contributed by atoms with E-state index < -0.39 is 17.6 Å². The molecule has 1 aliphatic rings. The van der Waals surface area contributed by atoms with Crippen molar-refractivity contribution in [2.24, 2.45) is 0 Å². The average Bonchev–Trinajstić information content (AvgIpc) is 3.51. The van der Waals surface area contributed by atoms with E-state index in [1.807, 2.05) is 6.07 Å². The van der Waals surface area contributed by atoms with E-state index in [4.69, 9.17) is 15.5 Å². The summed E-state index contributed by atoms with van der Waals surface area (Å²) in [6.45, 7) is 2.69. The van der Waals surface area contributed by atoms with Gasteiger partial charge in [-0.15, -0.1) is 0 Å². The molecule has 0 spiro atoms. The fourth-order valence-electron chi connectivity index (χ4n) is 4.40. The van der Waals surface area contributed by atoms with E-state index in [9.17, 15) is 18.0 Å². The van der Waals surface area contributed by atoms with Crippen molar-refractivity contribution in [1.82, 2.24) is 24.3 Å². The zero-order valence-corrected chi connectivity index (χ0v) is 19.7. The van der Waals surface area contributed by atoms with Gasteiger partial charge in [-0.2, -0.15) is 13.2 Å². The largest absolute Gasteiger partial charge is 0.438 e. The quantitative estimate of drug-likeness (QED) is 0.409. The maximum Gasteiger partial charge on any atom is 0.421 e. The fraction of sp³-hybridized carbons (Fsp3) is 0.231. The minimum Gasteiger partial charge on any atom is -0.438 e. The van der Waals surface area contributed by atoms with Crippen LogP contribution in [0.1, 0.15) is 30.5 Å². The number of benzene rings is 1. The summed E-state index contributed by atoms with van der Waals surface area (Å²) < 4.78 is 47.0. The fourth-order valence-corrected chi connectivity index (χ4v) is 4.40. The Labute approximate surface area is 209 Å². The molecule has 3 aromatic heterocycles. The number of pyridine rings is 1. The Kier molecular flexibility index (Phi) is 6.17. The molecule has 0 radical (unpaired) electrons. The molecule has 5 rings (SSSR count). The normalized spacial score (nSPS) is 15.5. The number of hydrogen-bond donors (Lipinski definition) is 1. The van der Waals surface area contributed by atoms with Crippen LogP contribution in [0.25, 0.3) is 16.9 Å². The maximum absolute atomic E-state index is 13.3. The van der Waals surface area contributed by atoms with Crippen LogP contribution in [0.2, 0.25) is 0 Å². The van der Waals surface area contributed by atoms with E-state index in [1.165, 1.54) is 24.4 Å². The molecule has 1 amide bonds. The monoisotopic (exact) mass is 506 g/mol. The number of anilines is 1. The topological polar surface area (TPSA) is 98.6 Å². The molecule has 1 aliphatic heterocycles. The zero-order chi connectivity index (χ0) is 26.2. The number of halogens is 3. The van der Waals surface area contributed by atoms with Crippen LogP contribution in [0.3, 0.4) is 0 Å². The van der Waals surface area contributed by atoms with Crippen molar-refractivity contribution in [3.63, 3.8) is 0 Å². The summed E-state index contributed by atoms with van der Waals surface area (Å²) in [5.41, 5.74) is 7.45. The Bertz CT molecular complexity index is 1540. The van der Waals surface area contributed by atoms with E-state index >= 15 is 0 Å². The molecule has 8 nitrogen and oxygen atoms in total. The van der Waals surface area contributed by atoms with Crippen molar-refractivity contribution in [2.45, 2.75) is 25.4 Å². The number of nitrogens with zero attached hydrogens (tertiary/aromatic N) is 5. The second-order valence-electron chi connectivity index (χ2n) is 8.44. The van der Waals surface area contributed by atoms with Gasteiger partial charge in [0.15, 0.2) is 0 Å². The van der Waals surface area contributed by atoms with Crippen molar-refractivity contribution in [3.8, 4) is 34.9 Å². The number of aromatic nitrogens is 4. The molecule has 0 aliphatic carbocycles. The lowest BCUT2D eigenvalue weighted by Gasteiger charge is -2.12. The third-order valence-electron chi connectivity index (χ3n) is 6.11. The summed E-state index contributed by atoms with van der Waals surface area (Å²) in [6, 6.07) is 10.4. The molecule has 11 heteroatoms. The average molecular weight is 506 g/mol. The minimum atomic E-state index is -4.59. The first-order chi connectivity index (χ1) is 17.8. The van der Waals surface area contributed by atoms with E-state index in [0.717, 1.165) is 23.7 Å². The Morgan fingerprint density at radius 1 is 1.14 bits per heavy atom. The molecule has 4 heterocycles. The molecule has 4 aromatic rings. The van der Waals surface area contributed by atoms with Crippen LogP contribution in [0.5, 0.6) is 11.6 Å². The standard InChI is InChI=1S/C26H21F3N6O2/c1-2-4-21(36)34-14-11-17(15-34)22-20-10-13-32-25(30)35(20)23(33-22)16-6-8-18(9-7-16)37-24-19(26(27,28)29)5-3-12-31-24/h3,5-10,12-13,17H,11,14-15H2,1H3,(H2,30,32). The number of amides is 1. The second kappa shape index (κ2) is 9.46. The zero-order valence-electron chi connectivity index (χ0n) is 19.7. The highest BCUT2D eigenvalue weighted by atomic mass is 19.4. The molecule has 1 saturated heterocycles. The van der Waals surface area contributed by atoms with Crippen molar-refractivity contribution in [3.05, 3.63) is 66.1 Å². The van der Waals surface area contributed by atoms with Gasteiger partial charge in [-0.1, -0.05) is 5.92 Å². The molecule has 1 aromatic carbocycles. The number of carbonyl (C=O) groups is 1. The van der Waals surface area contributed by atoms with Crippen molar-refractivity contribution >= 4 is 17.4 Å². The molecular formula is C26H21F3N6O2. The van der Waals surface area contributed by atoms with E-state index in [-0.39, 0.29) is 23.5 Å². The number of carbonyl (C=O) groups excluding carboxylic acids is 1. The van der Waals surface area contributed by atoms with Gasteiger partial charge in [0.25, 0.3) is 5.91 Å². The highest BCUT2D eigenvalue weighted by Gasteiger charge is 2.35. The first-order valence-corrected chi connectivity index (χ1v) is 11.4. The summed E-state index contributed by atoms with van der Waals surface area (Å²) >= 11 is 0. The number of ether oxygens (including phenoxy) is 1. The molecule has 1 fully saturated rings. The van der Waals surface area contributed by atoms with Crippen LogP contribution in [-0.2, 0) is 11.0 Å². The Morgan fingerprint density at radius 3 is 2.65 bits per heavy atom. The molecule has 1 unspecified atom stereocenters. The molecule has 0 saturated carbocycles. The first kappa shape index (κ1) is 24.1. The van der Waals surface area contributed by atoms with Crippen LogP contribution in [0, 0.1) is 11.8 Å². The SMILES string of the molecule is CC#CC(=O)N1CCC(c2nc(-c3ccc(Oc4ncccc4C(F)(F)F)cc3)n3c(N)nccc23)C1. The molecule has 37 heavy (non-hydrogen) atoms. The second-order valence-corrected chi connectivity index (χ2v) is 8.44. The summed E-state index contributed by atoms with van der Waals surface area (Å²) in [4.78, 5) is 26.7. The number of hydrogen-bond acceptors (Lipinski definition) is 6. The Morgan fingerprint density at radius 2 is 1.92 bits per heavy atom. The molecular weight excluding hydrogens is 485 g/mol. The third-order valence-corrected chi connectivity index (χ3v) is 6.11. The smallest absolute Gasteiger partial charge is 0.421 e. The summed E-state index contributed by atoms with van der Waals surface area (Å²) in [6.07, 6.45) is -1.03. The van der Waals surface area contributed by atoms with Crippen LogP contribution in [0.4, 0.5) is 19.1 Å². The van der Waals surface area contributed by atoms with E-state index in [2.05, 4.69) is 21.8 Å². The van der Waals surface area contributed by atoms with Gasteiger partial charge in [0.2, 0.25) is 11.8 Å². The van der Waals surface area contributed by atoms with Gasteiger partial charge in [-0.05, 0) is 61.7 Å². The number of rotatable bonds is 4. The van der Waals surface area contributed by atoms with Crippen LogP contribution >= 0.6 is 0 Å². The molecule has 0 bridgehead atoms. The van der Waals surface area contributed by atoms with Gasteiger partial charge in [-0.25, -0.2) is 15.0 Å². The lowest BCUT2D eigenvalue weighted by molar-refractivity contribution is -0.138. The number of nitrogens with two attached hydrogens (primary N) is 1. The maximum atomic E-state index is 13.3. The van der Waals surface area contributed by atoms with Crippen molar-refractivity contribution < 1.29 is 22.7 Å². The predicted molar refractivity (Wildman–Crippen MR) is 130 cm³/mol. The van der Waals surface area contributed by atoms with Gasteiger partial charge in [-0.3, -0.25) is 9.20 Å². The first-order valence-electron chi connectivity index (χ1n) is 11.4. The number of nitrogen functional groups attached to an aromatic ring is 1. The molecule has 2 N–H and O–H groups in total. The molecule has 188 valence electrons. The van der Waals surface area contributed by atoms with Gasteiger partial charge < -0.3 is 15.4 Å². The van der Waals surface area contributed by atoms with Gasteiger partial charge in [0.05, 0.1) is 11.2 Å². The van der Waals surface area contributed by atoms with Gasteiger partial charge >= 0.3 is 6.18 Å². The highest BCUT2D eigenvalue weighted by molar-refractivity contribution is 5.93. The summed E-state index contributed by atoms with van der Waals surface area (Å²) in [5.74, 6) is 5.39. The number of fused-ring (bicyclic) bond motifs is 1. The minimum absolute atomic E-state index is 0.0132. The van der Waals surface area contributed by atoms with Crippen molar-refractivity contribution in [2.75, 3.05) is 18.8 Å². The molecule has 1 atom stereocenters. The van der Waals surface area contributed by atoms with Gasteiger partial charge in [0, 0.05) is 37.0 Å². The number of likely N-dealkylation sites (tertiary alicyclic amines) is 1. The lowest BCUT2D eigenvalue weighted by Crippen LogP contribution is -2.26. The summed E-state index contributed by atoms with van der Waals surface area (Å²) in [7, 11) is 0. The van der Waals surface area contributed by atoms with Crippen LogP contribution in [-0.4, -0.2) is 43.2 Å². The predicted octanol–water partition coefficient (Wildman–Crippen LogP) is 4.52. The van der Waals surface area contributed by atoms with Gasteiger partial charge in [0.1, 0.15) is 17.1 Å². The lowest BCUT2D eigenvalue weighted by atomic mass is 10.0. The summed E-state index contributed by atoms with van der Waals surface area (Å²) in [5, 5.41) is 0. The van der Waals surface area contributed by atoms with Crippen molar-refractivity contribution in [1.29, 1.82) is 0 Å². The van der Waals surface area contributed by atoms with E-state index in [0.29, 0.717) is 24.5 Å². The Hall–Kier alpha value is -4.59. The van der Waals surface area contributed by atoms with Crippen LogP contribution in [0.15, 0.2) is 54.9 Å². The third kappa shape index (κ3) is 4.65. The Balaban J connectivity index is 1.47. The van der Waals surface area contributed by atoms with Crippen LogP contribution < -0.4 is 10.5 Å². The number of imidazole rings is 1.